The van der Waals surface area contributed by atoms with Crippen molar-refractivity contribution in [3.05, 3.63) is 0 Å². The van der Waals surface area contributed by atoms with E-state index < -0.39 is 0 Å². The standard InChI is InChI=1S/C12H21N/c1-3-4-7-10-13-11(2)12-8-5-6-9-12/h11-13H,5-10H2,1-2H3/t11-/m1/s1. The zero-order chi connectivity index (χ0) is 9.52. The van der Waals surface area contributed by atoms with Gasteiger partial charge in [0.25, 0.3) is 0 Å². The van der Waals surface area contributed by atoms with Gasteiger partial charge in [0.05, 0.1) is 0 Å². The fourth-order valence-corrected chi connectivity index (χ4v) is 2.11. The lowest BCUT2D eigenvalue weighted by Gasteiger charge is -2.19. The van der Waals surface area contributed by atoms with Crippen LogP contribution in [0.5, 0.6) is 0 Å². The van der Waals surface area contributed by atoms with Crippen LogP contribution in [-0.2, 0) is 0 Å². The molecule has 0 radical (unpaired) electrons. The molecule has 1 heteroatoms. The third-order valence-corrected chi connectivity index (χ3v) is 3.00. The van der Waals surface area contributed by atoms with Crippen molar-refractivity contribution in [2.24, 2.45) is 5.92 Å². The van der Waals surface area contributed by atoms with Crippen LogP contribution in [0, 0.1) is 17.8 Å². The highest BCUT2D eigenvalue weighted by atomic mass is 14.9. The molecule has 0 saturated heterocycles. The van der Waals surface area contributed by atoms with Crippen LogP contribution in [0.1, 0.15) is 46.0 Å². The van der Waals surface area contributed by atoms with Crippen LogP contribution in [0.15, 0.2) is 0 Å². The summed E-state index contributed by atoms with van der Waals surface area (Å²) in [6.07, 6.45) is 6.71. The van der Waals surface area contributed by atoms with Crippen molar-refractivity contribution >= 4 is 0 Å². The van der Waals surface area contributed by atoms with Gasteiger partial charge in [-0.3, -0.25) is 0 Å². The maximum atomic E-state index is 3.56. The largest absolute Gasteiger partial charge is 0.313 e. The molecule has 1 saturated carbocycles. The second-order valence-corrected chi connectivity index (χ2v) is 3.96. The highest BCUT2D eigenvalue weighted by Crippen LogP contribution is 2.27. The Hall–Kier alpha value is -0.480. The Labute approximate surface area is 82.3 Å². The molecule has 0 unspecified atom stereocenters. The molecule has 1 rings (SSSR count). The van der Waals surface area contributed by atoms with Crippen LogP contribution in [-0.4, -0.2) is 12.6 Å². The van der Waals surface area contributed by atoms with Crippen molar-refractivity contribution in [1.29, 1.82) is 0 Å². The Morgan fingerprint density at radius 1 is 1.38 bits per heavy atom. The van der Waals surface area contributed by atoms with E-state index in [2.05, 4.69) is 24.1 Å². The third-order valence-electron chi connectivity index (χ3n) is 3.00. The summed E-state index contributed by atoms with van der Waals surface area (Å²) in [5.41, 5.74) is 0. The molecule has 0 heterocycles. The second kappa shape index (κ2) is 6.05. The van der Waals surface area contributed by atoms with Gasteiger partial charge in [-0.1, -0.05) is 12.8 Å². The first-order valence-corrected chi connectivity index (χ1v) is 5.47. The van der Waals surface area contributed by atoms with E-state index >= 15 is 0 Å². The molecule has 0 spiro atoms. The predicted molar refractivity (Wildman–Crippen MR) is 57.5 cm³/mol. The minimum Gasteiger partial charge on any atom is -0.313 e. The molecule has 0 aromatic rings. The van der Waals surface area contributed by atoms with E-state index in [1.807, 2.05) is 6.92 Å². The molecular weight excluding hydrogens is 158 g/mol. The van der Waals surface area contributed by atoms with Crippen molar-refractivity contribution in [2.75, 3.05) is 6.54 Å². The quantitative estimate of drug-likeness (QED) is 0.516. The Kier molecular flexibility index (Phi) is 4.93. The van der Waals surface area contributed by atoms with Gasteiger partial charge in [-0.25, -0.2) is 0 Å². The van der Waals surface area contributed by atoms with Crippen LogP contribution >= 0.6 is 0 Å². The van der Waals surface area contributed by atoms with Gasteiger partial charge in [0.15, 0.2) is 0 Å². The van der Waals surface area contributed by atoms with Crippen molar-refractivity contribution in [2.45, 2.75) is 52.0 Å². The summed E-state index contributed by atoms with van der Waals surface area (Å²) in [6, 6.07) is 0.696. The average Bonchev–Trinajstić information content (AvgIpc) is 2.65. The van der Waals surface area contributed by atoms with Crippen LogP contribution in [0.25, 0.3) is 0 Å². The Bertz CT molecular complexity index is 181. The van der Waals surface area contributed by atoms with Crippen molar-refractivity contribution in [3.63, 3.8) is 0 Å². The summed E-state index contributed by atoms with van der Waals surface area (Å²) in [5.74, 6) is 6.93. The minimum absolute atomic E-state index is 0.696. The SMILES string of the molecule is CC#CCCN[C@H](C)C1CCCC1. The lowest BCUT2D eigenvalue weighted by atomic mass is 10.00. The van der Waals surface area contributed by atoms with Crippen LogP contribution < -0.4 is 5.32 Å². The molecule has 1 fully saturated rings. The lowest BCUT2D eigenvalue weighted by molar-refractivity contribution is 0.385. The first-order chi connectivity index (χ1) is 6.34. The summed E-state index contributed by atoms with van der Waals surface area (Å²) < 4.78 is 0. The zero-order valence-corrected chi connectivity index (χ0v) is 8.90. The van der Waals surface area contributed by atoms with E-state index in [-0.39, 0.29) is 0 Å². The van der Waals surface area contributed by atoms with Crippen molar-refractivity contribution in [1.82, 2.24) is 5.32 Å². The van der Waals surface area contributed by atoms with E-state index in [0.29, 0.717) is 6.04 Å². The molecule has 0 aliphatic heterocycles. The zero-order valence-electron chi connectivity index (χ0n) is 8.90. The lowest BCUT2D eigenvalue weighted by Crippen LogP contribution is -2.32. The highest BCUT2D eigenvalue weighted by molar-refractivity contribution is 4.95. The normalized spacial score (nSPS) is 19.5. The molecule has 13 heavy (non-hydrogen) atoms. The van der Waals surface area contributed by atoms with Gasteiger partial charge in [-0.05, 0) is 32.6 Å². The third kappa shape index (κ3) is 3.83. The molecule has 0 bridgehead atoms. The Morgan fingerprint density at radius 2 is 2.08 bits per heavy atom. The van der Waals surface area contributed by atoms with Crippen molar-refractivity contribution < 1.29 is 0 Å². The molecule has 1 aliphatic rings. The highest BCUT2D eigenvalue weighted by Gasteiger charge is 2.20. The van der Waals surface area contributed by atoms with Gasteiger partial charge < -0.3 is 5.32 Å². The van der Waals surface area contributed by atoms with E-state index in [1.54, 1.807) is 0 Å². The molecule has 74 valence electrons. The maximum Gasteiger partial charge on any atom is 0.0214 e. The van der Waals surface area contributed by atoms with Gasteiger partial charge in [-0.15, -0.1) is 11.8 Å². The summed E-state index contributed by atoms with van der Waals surface area (Å²) in [6.45, 7) is 5.27. The van der Waals surface area contributed by atoms with Gasteiger partial charge in [0.2, 0.25) is 0 Å². The van der Waals surface area contributed by atoms with Gasteiger partial charge in [-0.2, -0.15) is 0 Å². The summed E-state index contributed by atoms with van der Waals surface area (Å²) in [7, 11) is 0. The predicted octanol–water partition coefficient (Wildman–Crippen LogP) is 2.57. The average molecular weight is 179 g/mol. The van der Waals surface area contributed by atoms with E-state index in [0.717, 1.165) is 18.9 Å². The second-order valence-electron chi connectivity index (χ2n) is 3.96. The van der Waals surface area contributed by atoms with Gasteiger partial charge >= 0.3 is 0 Å². The first-order valence-electron chi connectivity index (χ1n) is 5.47. The fraction of sp³-hybridized carbons (Fsp3) is 0.833. The van der Waals surface area contributed by atoms with Gasteiger partial charge in [0.1, 0.15) is 0 Å². The molecule has 1 nitrogen and oxygen atoms in total. The maximum absolute atomic E-state index is 3.56. The summed E-state index contributed by atoms with van der Waals surface area (Å²) in [5, 5.41) is 3.56. The van der Waals surface area contributed by atoms with E-state index in [4.69, 9.17) is 0 Å². The summed E-state index contributed by atoms with van der Waals surface area (Å²) >= 11 is 0. The van der Waals surface area contributed by atoms with Crippen LogP contribution in [0.2, 0.25) is 0 Å². The van der Waals surface area contributed by atoms with Crippen molar-refractivity contribution in [3.8, 4) is 11.8 Å². The fourth-order valence-electron chi connectivity index (χ4n) is 2.11. The number of hydrogen-bond acceptors (Lipinski definition) is 1. The number of nitrogens with one attached hydrogen (secondary N) is 1. The molecule has 0 aromatic heterocycles. The smallest absolute Gasteiger partial charge is 0.0214 e. The molecule has 0 amide bonds. The Morgan fingerprint density at radius 3 is 2.69 bits per heavy atom. The van der Waals surface area contributed by atoms with E-state index in [1.165, 1.54) is 25.7 Å². The first kappa shape index (κ1) is 10.6. The summed E-state index contributed by atoms with van der Waals surface area (Å²) in [4.78, 5) is 0. The molecular formula is C12H21N. The van der Waals surface area contributed by atoms with Crippen LogP contribution in [0.3, 0.4) is 0 Å². The Balaban J connectivity index is 2.08. The van der Waals surface area contributed by atoms with E-state index in [9.17, 15) is 0 Å². The molecule has 1 atom stereocenters. The topological polar surface area (TPSA) is 12.0 Å². The van der Waals surface area contributed by atoms with Crippen LogP contribution in [0.4, 0.5) is 0 Å². The molecule has 1 aliphatic carbocycles. The molecule has 0 aromatic carbocycles. The molecule has 1 N–H and O–H groups in total. The monoisotopic (exact) mass is 179 g/mol. The van der Waals surface area contributed by atoms with Gasteiger partial charge in [0, 0.05) is 19.0 Å². The number of rotatable bonds is 4. The minimum atomic E-state index is 0.696. The number of hydrogen-bond donors (Lipinski definition) is 1.